The molecule has 1 aromatic heterocycles. The molecule has 2 rings (SSSR count). The van der Waals surface area contributed by atoms with Gasteiger partial charge >= 0.3 is 0 Å². The number of halogens is 1. The molecule has 0 aliphatic heterocycles. The first-order chi connectivity index (χ1) is 12.1. The SMILES string of the molecule is CCNC(=NCc1ccc(-n2cncn2)cc1)NC(C)CCC(C)C.I. The topological polar surface area (TPSA) is 67.1 Å². The number of hydrogen-bond donors (Lipinski definition) is 2. The van der Waals surface area contributed by atoms with Crippen molar-refractivity contribution in [2.75, 3.05) is 6.54 Å². The van der Waals surface area contributed by atoms with Gasteiger partial charge < -0.3 is 10.6 Å². The molecule has 0 fully saturated rings. The van der Waals surface area contributed by atoms with Crippen LogP contribution in [0.1, 0.15) is 46.1 Å². The smallest absolute Gasteiger partial charge is 0.191 e. The van der Waals surface area contributed by atoms with Crippen LogP contribution >= 0.6 is 24.0 Å². The molecule has 2 aromatic rings. The molecule has 0 bridgehead atoms. The highest BCUT2D eigenvalue weighted by Gasteiger charge is 2.06. The van der Waals surface area contributed by atoms with E-state index < -0.39 is 0 Å². The predicted molar refractivity (Wildman–Crippen MR) is 118 cm³/mol. The van der Waals surface area contributed by atoms with Crippen LogP contribution < -0.4 is 10.6 Å². The summed E-state index contributed by atoms with van der Waals surface area (Å²) in [7, 11) is 0. The van der Waals surface area contributed by atoms with Gasteiger partial charge in [0.2, 0.25) is 0 Å². The fourth-order valence-electron chi connectivity index (χ4n) is 2.47. The van der Waals surface area contributed by atoms with Gasteiger partial charge in [0.25, 0.3) is 0 Å². The Balaban J connectivity index is 0.00000338. The third-order valence-corrected chi connectivity index (χ3v) is 3.94. The summed E-state index contributed by atoms with van der Waals surface area (Å²) >= 11 is 0. The second-order valence-corrected chi connectivity index (χ2v) is 6.72. The zero-order valence-corrected chi connectivity index (χ0v) is 18.5. The van der Waals surface area contributed by atoms with E-state index in [4.69, 9.17) is 4.99 Å². The van der Waals surface area contributed by atoms with Crippen LogP contribution in [-0.4, -0.2) is 33.3 Å². The summed E-state index contributed by atoms with van der Waals surface area (Å²) in [5.74, 6) is 1.60. The molecule has 0 aliphatic carbocycles. The largest absolute Gasteiger partial charge is 0.357 e. The van der Waals surface area contributed by atoms with Crippen LogP contribution in [0.4, 0.5) is 0 Å². The number of benzene rings is 1. The summed E-state index contributed by atoms with van der Waals surface area (Å²) in [5, 5.41) is 11.0. The van der Waals surface area contributed by atoms with Crippen molar-refractivity contribution in [3.63, 3.8) is 0 Å². The molecule has 0 saturated heterocycles. The Bertz CT molecular complexity index is 637. The van der Waals surface area contributed by atoms with Gasteiger partial charge in [-0.2, -0.15) is 5.10 Å². The van der Waals surface area contributed by atoms with Crippen LogP contribution in [0.2, 0.25) is 0 Å². The van der Waals surface area contributed by atoms with Crippen molar-refractivity contribution in [3.05, 3.63) is 42.5 Å². The first kappa shape index (κ1) is 22.4. The average molecular weight is 470 g/mol. The third kappa shape index (κ3) is 7.72. The van der Waals surface area contributed by atoms with Crippen LogP contribution in [0.3, 0.4) is 0 Å². The maximum absolute atomic E-state index is 4.70. The van der Waals surface area contributed by atoms with Gasteiger partial charge in [0, 0.05) is 12.6 Å². The molecule has 144 valence electrons. The van der Waals surface area contributed by atoms with Crippen LogP contribution in [0.15, 0.2) is 41.9 Å². The van der Waals surface area contributed by atoms with Crippen molar-refractivity contribution in [3.8, 4) is 5.69 Å². The van der Waals surface area contributed by atoms with Crippen molar-refractivity contribution in [1.82, 2.24) is 25.4 Å². The molecule has 26 heavy (non-hydrogen) atoms. The van der Waals surface area contributed by atoms with Gasteiger partial charge in [-0.25, -0.2) is 14.7 Å². The lowest BCUT2D eigenvalue weighted by Crippen LogP contribution is -2.42. The quantitative estimate of drug-likeness (QED) is 0.350. The Labute approximate surface area is 173 Å². The molecule has 7 heteroatoms. The van der Waals surface area contributed by atoms with E-state index >= 15 is 0 Å². The minimum absolute atomic E-state index is 0. The lowest BCUT2D eigenvalue weighted by atomic mass is 10.0. The molecule has 0 spiro atoms. The molecule has 1 unspecified atom stereocenters. The highest BCUT2D eigenvalue weighted by atomic mass is 127. The van der Waals surface area contributed by atoms with E-state index in [2.05, 4.69) is 60.5 Å². The summed E-state index contributed by atoms with van der Waals surface area (Å²) in [6.45, 7) is 10.3. The molecule has 1 atom stereocenters. The zero-order valence-electron chi connectivity index (χ0n) is 16.1. The van der Waals surface area contributed by atoms with Gasteiger partial charge in [-0.15, -0.1) is 24.0 Å². The number of hydrogen-bond acceptors (Lipinski definition) is 3. The summed E-state index contributed by atoms with van der Waals surface area (Å²) in [6.07, 6.45) is 5.60. The molecule has 2 N–H and O–H groups in total. The van der Waals surface area contributed by atoms with Gasteiger partial charge in [-0.3, -0.25) is 0 Å². The molecular formula is C19H31IN6. The van der Waals surface area contributed by atoms with Crippen LogP contribution in [-0.2, 0) is 6.54 Å². The molecule has 6 nitrogen and oxygen atoms in total. The molecule has 0 radical (unpaired) electrons. The first-order valence-electron chi connectivity index (χ1n) is 9.07. The van der Waals surface area contributed by atoms with Gasteiger partial charge in [0.15, 0.2) is 5.96 Å². The highest BCUT2D eigenvalue weighted by Crippen LogP contribution is 2.09. The molecule has 1 heterocycles. The lowest BCUT2D eigenvalue weighted by molar-refractivity contribution is 0.489. The van der Waals surface area contributed by atoms with E-state index in [0.717, 1.165) is 36.1 Å². The van der Waals surface area contributed by atoms with Gasteiger partial charge in [-0.05, 0) is 50.3 Å². The number of guanidine groups is 1. The second-order valence-electron chi connectivity index (χ2n) is 6.72. The Morgan fingerprint density at radius 1 is 1.15 bits per heavy atom. The number of rotatable bonds is 8. The summed E-state index contributed by atoms with van der Waals surface area (Å²) in [5.41, 5.74) is 2.16. The number of aromatic nitrogens is 3. The van der Waals surface area contributed by atoms with E-state index in [0.29, 0.717) is 12.6 Å². The van der Waals surface area contributed by atoms with Gasteiger partial charge in [0.1, 0.15) is 12.7 Å². The van der Waals surface area contributed by atoms with Crippen LogP contribution in [0, 0.1) is 5.92 Å². The molecule has 1 aromatic carbocycles. The molecule has 0 aliphatic rings. The van der Waals surface area contributed by atoms with E-state index in [1.807, 2.05) is 12.1 Å². The van der Waals surface area contributed by atoms with Gasteiger partial charge in [-0.1, -0.05) is 26.0 Å². The number of aliphatic imine (C=N–C) groups is 1. The number of nitrogens with one attached hydrogen (secondary N) is 2. The molecule has 0 amide bonds. The van der Waals surface area contributed by atoms with Crippen molar-refractivity contribution in [2.24, 2.45) is 10.9 Å². The Morgan fingerprint density at radius 2 is 1.88 bits per heavy atom. The van der Waals surface area contributed by atoms with Crippen LogP contribution in [0.25, 0.3) is 5.69 Å². The molecular weight excluding hydrogens is 439 g/mol. The van der Waals surface area contributed by atoms with E-state index in [1.54, 1.807) is 11.0 Å². The van der Waals surface area contributed by atoms with Crippen molar-refractivity contribution < 1.29 is 0 Å². The van der Waals surface area contributed by atoms with E-state index in [1.165, 1.54) is 12.7 Å². The highest BCUT2D eigenvalue weighted by molar-refractivity contribution is 14.0. The molecule has 0 saturated carbocycles. The maximum atomic E-state index is 4.70. The lowest BCUT2D eigenvalue weighted by Gasteiger charge is -2.18. The standard InChI is InChI=1S/C19H30N6.HI/c1-5-21-19(24-16(4)7-6-15(2)3)22-12-17-8-10-18(11-9-17)25-14-20-13-23-25;/h8-11,13-16H,5-7,12H2,1-4H3,(H2,21,22,24);1H. The first-order valence-corrected chi connectivity index (χ1v) is 9.07. The van der Waals surface area contributed by atoms with E-state index in [-0.39, 0.29) is 24.0 Å². The minimum atomic E-state index is 0. The summed E-state index contributed by atoms with van der Waals surface area (Å²) < 4.78 is 1.75. The fourth-order valence-corrected chi connectivity index (χ4v) is 2.47. The maximum Gasteiger partial charge on any atom is 0.191 e. The van der Waals surface area contributed by atoms with Crippen LogP contribution in [0.5, 0.6) is 0 Å². The van der Waals surface area contributed by atoms with Crippen molar-refractivity contribution in [1.29, 1.82) is 0 Å². The normalized spacial score (nSPS) is 12.6. The minimum Gasteiger partial charge on any atom is -0.357 e. The number of nitrogens with zero attached hydrogens (tertiary/aromatic N) is 4. The van der Waals surface area contributed by atoms with E-state index in [9.17, 15) is 0 Å². The Morgan fingerprint density at radius 3 is 2.46 bits per heavy atom. The van der Waals surface area contributed by atoms with Crippen molar-refractivity contribution >= 4 is 29.9 Å². The monoisotopic (exact) mass is 470 g/mol. The third-order valence-electron chi connectivity index (χ3n) is 3.94. The second kappa shape index (κ2) is 11.9. The predicted octanol–water partition coefficient (Wildman–Crippen LogP) is 3.77. The summed E-state index contributed by atoms with van der Waals surface area (Å²) in [6, 6.07) is 8.63. The fraction of sp³-hybridized carbons (Fsp3) is 0.526. The Kier molecular flexibility index (Phi) is 10.2. The zero-order chi connectivity index (χ0) is 18.1. The Hall–Kier alpha value is -1.64. The van der Waals surface area contributed by atoms with Crippen molar-refractivity contribution in [2.45, 2.75) is 53.1 Å². The summed E-state index contributed by atoms with van der Waals surface area (Å²) in [4.78, 5) is 8.67. The van der Waals surface area contributed by atoms with Gasteiger partial charge in [0.05, 0.1) is 12.2 Å². The average Bonchev–Trinajstić information content (AvgIpc) is 3.13.